The minimum absolute atomic E-state index is 0.0478. The number of hydrogen-bond donors (Lipinski definition) is 2. The molecule has 7 nitrogen and oxygen atoms in total. The Bertz CT molecular complexity index is 1160. The molecule has 2 aromatic carbocycles. The highest BCUT2D eigenvalue weighted by atomic mass is 19.1. The summed E-state index contributed by atoms with van der Waals surface area (Å²) in [5, 5.41) is 3.69. The minimum atomic E-state index is -0.416. The van der Waals surface area contributed by atoms with Gasteiger partial charge in [-0.05, 0) is 42.3 Å². The van der Waals surface area contributed by atoms with Gasteiger partial charge < -0.3 is 24.7 Å². The molecule has 3 aromatic rings. The SMILES string of the molecule is O=C(Nc1ccc2c(c1)OCCO2)[C@@H]1CC(=O)N(CCc2c[nH]c3ccc(F)cc23)C1. The van der Waals surface area contributed by atoms with E-state index >= 15 is 0 Å². The second-order valence-electron chi connectivity index (χ2n) is 7.84. The summed E-state index contributed by atoms with van der Waals surface area (Å²) in [5.41, 5.74) is 2.42. The van der Waals surface area contributed by atoms with Gasteiger partial charge in [0, 0.05) is 48.4 Å². The molecular weight excluding hydrogens is 401 g/mol. The third kappa shape index (κ3) is 3.93. The van der Waals surface area contributed by atoms with Gasteiger partial charge in [-0.25, -0.2) is 4.39 Å². The third-order valence-electron chi connectivity index (χ3n) is 5.78. The lowest BCUT2D eigenvalue weighted by atomic mass is 10.1. The monoisotopic (exact) mass is 423 g/mol. The maximum Gasteiger partial charge on any atom is 0.229 e. The zero-order valence-electron chi connectivity index (χ0n) is 16.8. The van der Waals surface area contributed by atoms with Crippen LogP contribution in [0.4, 0.5) is 10.1 Å². The number of amides is 2. The van der Waals surface area contributed by atoms with Crippen molar-refractivity contribution in [3.8, 4) is 11.5 Å². The number of halogens is 1. The molecule has 5 rings (SSSR count). The standard InChI is InChI=1S/C23H22FN3O4/c24-16-1-3-19-18(10-16)14(12-25-19)5-6-27-13-15(9-22(27)28)23(29)26-17-2-4-20-21(11-17)31-8-7-30-20/h1-4,10-12,15,25H,5-9,13H2,(H,26,29)/t15-/m1/s1. The predicted molar refractivity (Wildman–Crippen MR) is 113 cm³/mol. The van der Waals surface area contributed by atoms with Crippen LogP contribution in [-0.4, -0.2) is 48.0 Å². The van der Waals surface area contributed by atoms with Crippen molar-refractivity contribution in [1.29, 1.82) is 0 Å². The first-order valence-electron chi connectivity index (χ1n) is 10.3. The van der Waals surface area contributed by atoms with Crippen LogP contribution in [0, 0.1) is 11.7 Å². The Morgan fingerprint density at radius 1 is 1.16 bits per heavy atom. The first kappa shape index (κ1) is 19.4. The quantitative estimate of drug-likeness (QED) is 0.661. The van der Waals surface area contributed by atoms with Crippen molar-refractivity contribution >= 4 is 28.4 Å². The van der Waals surface area contributed by atoms with Crippen LogP contribution in [0.2, 0.25) is 0 Å². The van der Waals surface area contributed by atoms with Crippen LogP contribution in [0.3, 0.4) is 0 Å². The van der Waals surface area contributed by atoms with Gasteiger partial charge in [0.2, 0.25) is 11.8 Å². The van der Waals surface area contributed by atoms with Crippen LogP contribution in [0.15, 0.2) is 42.6 Å². The van der Waals surface area contributed by atoms with Gasteiger partial charge in [0.1, 0.15) is 19.0 Å². The number of likely N-dealkylation sites (tertiary alicyclic amines) is 1. The number of nitrogens with zero attached hydrogens (tertiary/aromatic N) is 1. The second kappa shape index (κ2) is 7.94. The third-order valence-corrected chi connectivity index (χ3v) is 5.78. The molecule has 2 N–H and O–H groups in total. The van der Waals surface area contributed by atoms with Gasteiger partial charge in [0.25, 0.3) is 0 Å². The summed E-state index contributed by atoms with van der Waals surface area (Å²) in [4.78, 5) is 30.0. The smallest absolute Gasteiger partial charge is 0.229 e. The number of fused-ring (bicyclic) bond motifs is 2. The molecule has 160 valence electrons. The Labute approximate surface area is 178 Å². The Hall–Kier alpha value is -3.55. The number of rotatable bonds is 5. The van der Waals surface area contributed by atoms with E-state index in [1.807, 2.05) is 6.20 Å². The van der Waals surface area contributed by atoms with Gasteiger partial charge in [-0.2, -0.15) is 0 Å². The zero-order valence-corrected chi connectivity index (χ0v) is 16.8. The van der Waals surface area contributed by atoms with Gasteiger partial charge in [-0.1, -0.05) is 0 Å². The van der Waals surface area contributed by atoms with E-state index in [2.05, 4.69) is 10.3 Å². The van der Waals surface area contributed by atoms with E-state index in [0.717, 1.165) is 16.5 Å². The highest BCUT2D eigenvalue weighted by Gasteiger charge is 2.34. The van der Waals surface area contributed by atoms with Crippen molar-refractivity contribution in [2.24, 2.45) is 5.92 Å². The maximum atomic E-state index is 13.6. The van der Waals surface area contributed by atoms with Crippen molar-refractivity contribution in [3.05, 3.63) is 54.0 Å². The molecule has 3 heterocycles. The first-order valence-corrected chi connectivity index (χ1v) is 10.3. The van der Waals surface area contributed by atoms with Gasteiger partial charge in [-0.3, -0.25) is 9.59 Å². The number of nitrogens with one attached hydrogen (secondary N) is 2. The van der Waals surface area contributed by atoms with Crippen LogP contribution < -0.4 is 14.8 Å². The highest BCUT2D eigenvalue weighted by molar-refractivity contribution is 5.97. The van der Waals surface area contributed by atoms with E-state index in [4.69, 9.17) is 9.47 Å². The Morgan fingerprint density at radius 2 is 2.00 bits per heavy atom. The average molecular weight is 423 g/mol. The summed E-state index contributed by atoms with van der Waals surface area (Å²) in [6, 6.07) is 9.87. The summed E-state index contributed by atoms with van der Waals surface area (Å²) in [5.74, 6) is 0.310. The lowest BCUT2D eigenvalue weighted by molar-refractivity contribution is -0.128. The fraction of sp³-hybridized carbons (Fsp3) is 0.304. The lowest BCUT2D eigenvalue weighted by Gasteiger charge is -2.19. The van der Waals surface area contributed by atoms with Crippen molar-refractivity contribution in [1.82, 2.24) is 9.88 Å². The second-order valence-corrected chi connectivity index (χ2v) is 7.84. The number of carbonyl (C=O) groups is 2. The maximum absolute atomic E-state index is 13.6. The molecule has 0 saturated carbocycles. The Balaban J connectivity index is 1.20. The number of benzene rings is 2. The Kier molecular flexibility index (Phi) is 4.97. The Morgan fingerprint density at radius 3 is 2.87 bits per heavy atom. The van der Waals surface area contributed by atoms with E-state index in [1.165, 1.54) is 12.1 Å². The molecule has 1 atom stereocenters. The molecule has 0 spiro atoms. The van der Waals surface area contributed by atoms with E-state index in [9.17, 15) is 14.0 Å². The molecular formula is C23H22FN3O4. The molecule has 1 fully saturated rings. The molecule has 0 radical (unpaired) electrons. The van der Waals surface area contributed by atoms with Gasteiger partial charge in [-0.15, -0.1) is 0 Å². The lowest BCUT2D eigenvalue weighted by Crippen LogP contribution is -2.30. The number of H-pyrrole nitrogens is 1. The van der Waals surface area contributed by atoms with E-state index in [1.54, 1.807) is 29.2 Å². The largest absolute Gasteiger partial charge is 0.486 e. The molecule has 2 aliphatic heterocycles. The summed E-state index contributed by atoms with van der Waals surface area (Å²) in [6.45, 7) is 1.83. The summed E-state index contributed by atoms with van der Waals surface area (Å²) < 4.78 is 24.6. The molecule has 2 amide bonds. The van der Waals surface area contributed by atoms with Crippen LogP contribution in [0.1, 0.15) is 12.0 Å². The van der Waals surface area contributed by atoms with Crippen molar-refractivity contribution < 1.29 is 23.5 Å². The molecule has 31 heavy (non-hydrogen) atoms. The minimum Gasteiger partial charge on any atom is -0.486 e. The summed E-state index contributed by atoms with van der Waals surface area (Å²) in [6.07, 6.45) is 2.61. The van der Waals surface area contributed by atoms with Crippen LogP contribution in [-0.2, 0) is 16.0 Å². The first-order chi connectivity index (χ1) is 15.1. The van der Waals surface area contributed by atoms with Crippen molar-refractivity contribution in [2.75, 3.05) is 31.6 Å². The van der Waals surface area contributed by atoms with Crippen LogP contribution in [0.5, 0.6) is 11.5 Å². The van der Waals surface area contributed by atoms with Gasteiger partial charge >= 0.3 is 0 Å². The topological polar surface area (TPSA) is 83.7 Å². The van der Waals surface area contributed by atoms with Crippen LogP contribution in [0.25, 0.3) is 10.9 Å². The number of aromatic nitrogens is 1. The molecule has 0 aliphatic carbocycles. The number of anilines is 1. The molecule has 8 heteroatoms. The summed E-state index contributed by atoms with van der Waals surface area (Å²) >= 11 is 0. The van der Waals surface area contributed by atoms with E-state index in [-0.39, 0.29) is 24.1 Å². The van der Waals surface area contributed by atoms with Crippen molar-refractivity contribution in [3.63, 3.8) is 0 Å². The normalized spacial score (nSPS) is 17.9. The van der Waals surface area contributed by atoms with E-state index < -0.39 is 5.92 Å². The van der Waals surface area contributed by atoms with Crippen molar-refractivity contribution in [2.45, 2.75) is 12.8 Å². The number of hydrogen-bond acceptors (Lipinski definition) is 4. The number of carbonyl (C=O) groups excluding carboxylic acids is 2. The van der Waals surface area contributed by atoms with Gasteiger partial charge in [0.15, 0.2) is 11.5 Å². The molecule has 2 aliphatic rings. The highest BCUT2D eigenvalue weighted by Crippen LogP contribution is 2.33. The number of aromatic amines is 1. The number of ether oxygens (including phenoxy) is 2. The molecule has 1 aromatic heterocycles. The predicted octanol–water partition coefficient (Wildman–Crippen LogP) is 3.11. The average Bonchev–Trinajstić information content (AvgIpc) is 3.35. The molecule has 0 bridgehead atoms. The molecule has 1 saturated heterocycles. The van der Waals surface area contributed by atoms with Crippen LogP contribution >= 0.6 is 0 Å². The fourth-order valence-electron chi connectivity index (χ4n) is 4.14. The summed E-state index contributed by atoms with van der Waals surface area (Å²) in [7, 11) is 0. The fourth-order valence-corrected chi connectivity index (χ4v) is 4.14. The zero-order chi connectivity index (χ0) is 21.4. The molecule has 0 unspecified atom stereocenters. The van der Waals surface area contributed by atoms with Gasteiger partial charge in [0.05, 0.1) is 5.92 Å². The van der Waals surface area contributed by atoms with E-state index in [0.29, 0.717) is 49.9 Å².